The van der Waals surface area contributed by atoms with E-state index in [0.29, 0.717) is 0 Å². The Morgan fingerprint density at radius 1 is 1.35 bits per heavy atom. The standard InChI is InChI=1S/C12H14FN3O4/c1-6(10(17)16-12(19)15-2)20-11(18)7-3-4-8(13)9(14)5-7/h3-6H,14H2,1-2H3,(H2,15,16,17,19). The van der Waals surface area contributed by atoms with Crippen LogP contribution in [0, 0.1) is 5.82 Å². The molecule has 1 aromatic carbocycles. The van der Waals surface area contributed by atoms with E-state index in [-0.39, 0.29) is 11.3 Å². The first-order chi connectivity index (χ1) is 9.35. The van der Waals surface area contributed by atoms with Crippen molar-refractivity contribution in [3.63, 3.8) is 0 Å². The van der Waals surface area contributed by atoms with E-state index in [1.807, 2.05) is 5.32 Å². The average Bonchev–Trinajstić information content (AvgIpc) is 2.41. The van der Waals surface area contributed by atoms with Crippen LogP contribution in [0.5, 0.6) is 0 Å². The van der Waals surface area contributed by atoms with Gasteiger partial charge in [-0.25, -0.2) is 14.0 Å². The minimum Gasteiger partial charge on any atom is -0.449 e. The van der Waals surface area contributed by atoms with E-state index in [2.05, 4.69) is 5.32 Å². The van der Waals surface area contributed by atoms with Gasteiger partial charge < -0.3 is 15.8 Å². The van der Waals surface area contributed by atoms with Crippen molar-refractivity contribution in [3.05, 3.63) is 29.6 Å². The molecule has 0 aromatic heterocycles. The highest BCUT2D eigenvalue weighted by Crippen LogP contribution is 2.13. The van der Waals surface area contributed by atoms with Gasteiger partial charge in [0.1, 0.15) is 5.82 Å². The predicted octanol–water partition coefficient (Wildman–Crippen LogP) is 0.409. The second-order valence-corrected chi connectivity index (χ2v) is 3.85. The van der Waals surface area contributed by atoms with Gasteiger partial charge in [0, 0.05) is 7.05 Å². The van der Waals surface area contributed by atoms with Crippen LogP contribution in [0.15, 0.2) is 18.2 Å². The zero-order valence-corrected chi connectivity index (χ0v) is 10.9. The Balaban J connectivity index is 2.67. The van der Waals surface area contributed by atoms with Crippen molar-refractivity contribution in [2.45, 2.75) is 13.0 Å². The lowest BCUT2D eigenvalue weighted by Gasteiger charge is -2.12. The molecule has 1 atom stereocenters. The van der Waals surface area contributed by atoms with E-state index in [1.54, 1.807) is 0 Å². The van der Waals surface area contributed by atoms with Crippen LogP contribution in [-0.2, 0) is 9.53 Å². The maximum atomic E-state index is 12.9. The topological polar surface area (TPSA) is 111 Å². The van der Waals surface area contributed by atoms with Crippen LogP contribution in [-0.4, -0.2) is 31.1 Å². The lowest BCUT2D eigenvalue weighted by molar-refractivity contribution is -0.127. The molecule has 108 valence electrons. The number of hydrogen-bond acceptors (Lipinski definition) is 5. The maximum absolute atomic E-state index is 12.9. The highest BCUT2D eigenvalue weighted by atomic mass is 19.1. The zero-order valence-electron chi connectivity index (χ0n) is 10.9. The predicted molar refractivity (Wildman–Crippen MR) is 68.3 cm³/mol. The Bertz CT molecular complexity index is 548. The number of imide groups is 1. The third-order valence-electron chi connectivity index (χ3n) is 2.35. The minimum atomic E-state index is -1.19. The molecule has 0 heterocycles. The van der Waals surface area contributed by atoms with E-state index in [1.165, 1.54) is 20.0 Å². The first kappa shape index (κ1) is 15.4. The number of benzene rings is 1. The number of urea groups is 1. The quantitative estimate of drug-likeness (QED) is 0.549. The van der Waals surface area contributed by atoms with E-state index in [9.17, 15) is 18.8 Å². The molecule has 1 aromatic rings. The van der Waals surface area contributed by atoms with Crippen molar-refractivity contribution in [3.8, 4) is 0 Å². The largest absolute Gasteiger partial charge is 0.449 e. The smallest absolute Gasteiger partial charge is 0.338 e. The number of amides is 3. The SMILES string of the molecule is CNC(=O)NC(=O)C(C)OC(=O)c1ccc(F)c(N)c1. The molecular weight excluding hydrogens is 269 g/mol. The molecule has 4 N–H and O–H groups in total. The molecule has 0 radical (unpaired) electrons. The maximum Gasteiger partial charge on any atom is 0.338 e. The first-order valence-corrected chi connectivity index (χ1v) is 5.63. The minimum absolute atomic E-state index is 0.00323. The van der Waals surface area contributed by atoms with E-state index in [0.717, 1.165) is 12.1 Å². The molecule has 8 heteroatoms. The van der Waals surface area contributed by atoms with Gasteiger partial charge in [-0.1, -0.05) is 0 Å². The van der Waals surface area contributed by atoms with E-state index in [4.69, 9.17) is 10.5 Å². The highest BCUT2D eigenvalue weighted by molar-refractivity contribution is 5.98. The normalized spacial score (nSPS) is 11.3. The second kappa shape index (κ2) is 6.50. The number of rotatable bonds is 3. The zero-order chi connectivity index (χ0) is 15.3. The number of ether oxygens (including phenoxy) is 1. The van der Waals surface area contributed by atoms with Gasteiger partial charge >= 0.3 is 12.0 Å². The summed E-state index contributed by atoms with van der Waals surface area (Å²) >= 11 is 0. The van der Waals surface area contributed by atoms with Crippen molar-refractivity contribution in [2.24, 2.45) is 0 Å². The number of nitrogens with one attached hydrogen (secondary N) is 2. The number of hydrogen-bond donors (Lipinski definition) is 3. The Morgan fingerprint density at radius 2 is 2.00 bits per heavy atom. The molecule has 0 aliphatic carbocycles. The van der Waals surface area contributed by atoms with Crippen molar-refractivity contribution < 1.29 is 23.5 Å². The van der Waals surface area contributed by atoms with Crippen molar-refractivity contribution in [1.82, 2.24) is 10.6 Å². The fourth-order valence-electron chi connectivity index (χ4n) is 1.23. The van der Waals surface area contributed by atoms with Gasteiger partial charge in [0.25, 0.3) is 5.91 Å². The van der Waals surface area contributed by atoms with Crippen LogP contribution in [0.4, 0.5) is 14.9 Å². The van der Waals surface area contributed by atoms with Crippen LogP contribution in [0.3, 0.4) is 0 Å². The molecule has 0 fully saturated rings. The highest BCUT2D eigenvalue weighted by Gasteiger charge is 2.20. The molecule has 0 aliphatic rings. The molecule has 20 heavy (non-hydrogen) atoms. The van der Waals surface area contributed by atoms with Gasteiger partial charge in [-0.05, 0) is 25.1 Å². The molecule has 0 bridgehead atoms. The van der Waals surface area contributed by atoms with Gasteiger partial charge in [-0.2, -0.15) is 0 Å². The summed E-state index contributed by atoms with van der Waals surface area (Å²) in [5, 5.41) is 4.14. The summed E-state index contributed by atoms with van der Waals surface area (Å²) in [6.45, 7) is 1.29. The average molecular weight is 283 g/mol. The first-order valence-electron chi connectivity index (χ1n) is 5.63. The Morgan fingerprint density at radius 3 is 2.55 bits per heavy atom. The van der Waals surface area contributed by atoms with Gasteiger partial charge in [0.15, 0.2) is 6.10 Å². The molecule has 0 aliphatic heterocycles. The third-order valence-corrected chi connectivity index (χ3v) is 2.35. The van der Waals surface area contributed by atoms with Crippen molar-refractivity contribution in [1.29, 1.82) is 0 Å². The fourth-order valence-corrected chi connectivity index (χ4v) is 1.23. The van der Waals surface area contributed by atoms with Crippen molar-refractivity contribution in [2.75, 3.05) is 12.8 Å². The van der Waals surface area contributed by atoms with Crippen LogP contribution in [0.25, 0.3) is 0 Å². The van der Waals surface area contributed by atoms with E-state index < -0.39 is 29.8 Å². The summed E-state index contributed by atoms with van der Waals surface area (Å²) in [6.07, 6.45) is -1.19. The molecule has 1 rings (SSSR count). The molecule has 3 amide bonds. The van der Waals surface area contributed by atoms with E-state index >= 15 is 0 Å². The van der Waals surface area contributed by atoms with Crippen LogP contribution in [0.2, 0.25) is 0 Å². The fraction of sp³-hybridized carbons (Fsp3) is 0.250. The molecular formula is C12H14FN3O4. The summed E-state index contributed by atoms with van der Waals surface area (Å²) in [5.74, 6) is -2.30. The lowest BCUT2D eigenvalue weighted by Crippen LogP contribution is -2.43. The van der Waals surface area contributed by atoms with Crippen LogP contribution in [0.1, 0.15) is 17.3 Å². The molecule has 1 unspecified atom stereocenters. The Labute approximate surface area is 114 Å². The summed E-state index contributed by atoms with van der Waals surface area (Å²) in [4.78, 5) is 34.1. The Hall–Kier alpha value is -2.64. The summed E-state index contributed by atoms with van der Waals surface area (Å²) < 4.78 is 17.8. The number of esters is 1. The lowest BCUT2D eigenvalue weighted by atomic mass is 10.2. The van der Waals surface area contributed by atoms with Crippen LogP contribution >= 0.6 is 0 Å². The Kier molecular flexibility index (Phi) is 5.01. The van der Waals surface area contributed by atoms with Crippen molar-refractivity contribution >= 4 is 23.6 Å². The molecule has 0 saturated carbocycles. The van der Waals surface area contributed by atoms with Gasteiger partial charge in [-0.3, -0.25) is 10.1 Å². The monoisotopic (exact) mass is 283 g/mol. The second-order valence-electron chi connectivity index (χ2n) is 3.85. The number of halogens is 1. The number of carbonyl (C=O) groups excluding carboxylic acids is 3. The summed E-state index contributed by atoms with van der Waals surface area (Å²) in [5.41, 5.74) is 5.11. The van der Waals surface area contributed by atoms with Gasteiger partial charge in [-0.15, -0.1) is 0 Å². The number of nitrogen functional groups attached to an aromatic ring is 1. The van der Waals surface area contributed by atoms with Crippen LogP contribution < -0.4 is 16.4 Å². The number of carbonyl (C=O) groups is 3. The molecule has 7 nitrogen and oxygen atoms in total. The van der Waals surface area contributed by atoms with Gasteiger partial charge in [0.2, 0.25) is 0 Å². The van der Waals surface area contributed by atoms with Gasteiger partial charge in [0.05, 0.1) is 11.3 Å². The molecule has 0 spiro atoms. The summed E-state index contributed by atoms with van der Waals surface area (Å²) in [6, 6.07) is 2.57. The third kappa shape index (κ3) is 3.94. The summed E-state index contributed by atoms with van der Waals surface area (Å²) in [7, 11) is 1.33. The number of nitrogens with two attached hydrogens (primary N) is 1. The number of anilines is 1. The molecule has 0 saturated heterocycles.